The van der Waals surface area contributed by atoms with E-state index in [4.69, 9.17) is 9.47 Å². The topological polar surface area (TPSA) is 89.9 Å². The number of nitrogens with one attached hydrogen (secondary N) is 2. The third kappa shape index (κ3) is 3.45. The molecule has 1 atom stereocenters. The maximum Gasteiger partial charge on any atom is 0.161 e. The van der Waals surface area contributed by atoms with E-state index < -0.39 is 0 Å². The van der Waals surface area contributed by atoms with Crippen molar-refractivity contribution in [2.24, 2.45) is 5.92 Å². The molecular formula is C24H26N6O2. The van der Waals surface area contributed by atoms with Crippen molar-refractivity contribution < 1.29 is 9.47 Å². The second-order valence-electron chi connectivity index (χ2n) is 8.88. The summed E-state index contributed by atoms with van der Waals surface area (Å²) in [6.07, 6.45) is 8.04. The monoisotopic (exact) mass is 430 g/mol. The van der Waals surface area contributed by atoms with Gasteiger partial charge in [-0.15, -0.1) is 0 Å². The minimum Gasteiger partial charge on any atom is -0.486 e. The number of aromatic amines is 1. The summed E-state index contributed by atoms with van der Waals surface area (Å²) in [5.41, 5.74) is 4.00. The molecule has 3 aromatic heterocycles. The number of benzene rings is 1. The number of ether oxygens (including phenoxy) is 2. The predicted molar refractivity (Wildman–Crippen MR) is 122 cm³/mol. The minimum atomic E-state index is 0.0555. The van der Waals surface area contributed by atoms with Crippen LogP contribution in [0.5, 0.6) is 11.5 Å². The van der Waals surface area contributed by atoms with Crippen LogP contribution in [0.25, 0.3) is 22.3 Å². The number of hydrogen-bond acceptors (Lipinski definition) is 6. The molecule has 0 radical (unpaired) electrons. The lowest BCUT2D eigenvalue weighted by molar-refractivity contribution is 0.171. The number of rotatable bonds is 6. The first-order chi connectivity index (χ1) is 15.7. The first-order valence-electron chi connectivity index (χ1n) is 11.2. The summed E-state index contributed by atoms with van der Waals surface area (Å²) >= 11 is 0. The van der Waals surface area contributed by atoms with Crippen LogP contribution in [0.4, 0.5) is 5.82 Å². The van der Waals surface area contributed by atoms with Gasteiger partial charge in [0, 0.05) is 11.8 Å². The molecule has 0 spiro atoms. The molecule has 2 N–H and O–H groups in total. The van der Waals surface area contributed by atoms with Gasteiger partial charge in [0.25, 0.3) is 0 Å². The lowest BCUT2D eigenvalue weighted by atomic mass is 9.95. The molecule has 0 unspecified atom stereocenters. The summed E-state index contributed by atoms with van der Waals surface area (Å²) in [5, 5.41) is 9.13. The number of hydrogen-bond donors (Lipinski definition) is 2. The molecule has 4 aromatic rings. The van der Waals surface area contributed by atoms with Crippen LogP contribution in [-0.4, -0.2) is 37.9 Å². The zero-order valence-corrected chi connectivity index (χ0v) is 18.2. The van der Waals surface area contributed by atoms with Crippen molar-refractivity contribution in [1.82, 2.24) is 24.7 Å². The van der Waals surface area contributed by atoms with Crippen LogP contribution in [0, 0.1) is 5.92 Å². The molecule has 0 saturated heterocycles. The number of H-pyrrole nitrogens is 1. The first kappa shape index (κ1) is 19.2. The third-order valence-electron chi connectivity index (χ3n) is 6.14. The van der Waals surface area contributed by atoms with Gasteiger partial charge in [0.05, 0.1) is 29.4 Å². The molecule has 0 bridgehead atoms. The molecule has 1 saturated carbocycles. The molecule has 8 nitrogen and oxygen atoms in total. The third-order valence-corrected chi connectivity index (χ3v) is 6.14. The summed E-state index contributed by atoms with van der Waals surface area (Å²) in [5.74, 6) is 2.73. The van der Waals surface area contributed by atoms with Crippen LogP contribution in [-0.2, 0) is 0 Å². The minimum absolute atomic E-state index is 0.0555. The normalized spacial score (nSPS) is 16.5. The van der Waals surface area contributed by atoms with E-state index in [1.165, 1.54) is 12.8 Å². The molecule has 1 fully saturated rings. The van der Waals surface area contributed by atoms with Crippen LogP contribution < -0.4 is 14.8 Å². The van der Waals surface area contributed by atoms with E-state index in [2.05, 4.69) is 68.3 Å². The molecular weight excluding hydrogens is 404 g/mol. The Morgan fingerprint density at radius 1 is 1.09 bits per heavy atom. The molecule has 164 valence electrons. The Hall–Kier alpha value is -3.55. The molecule has 32 heavy (non-hydrogen) atoms. The Morgan fingerprint density at radius 2 is 1.94 bits per heavy atom. The number of fused-ring (bicyclic) bond motifs is 2. The van der Waals surface area contributed by atoms with Crippen molar-refractivity contribution in [3.8, 4) is 22.8 Å². The van der Waals surface area contributed by atoms with Gasteiger partial charge < -0.3 is 19.8 Å². The molecule has 8 heteroatoms. The van der Waals surface area contributed by atoms with Gasteiger partial charge in [0.2, 0.25) is 0 Å². The van der Waals surface area contributed by atoms with Crippen LogP contribution in [0.3, 0.4) is 0 Å². The molecule has 0 amide bonds. The highest BCUT2D eigenvalue weighted by atomic mass is 16.6. The Balaban J connectivity index is 1.33. The Labute approximate surface area is 186 Å². The number of anilines is 1. The van der Waals surface area contributed by atoms with Crippen molar-refractivity contribution in [2.75, 3.05) is 18.5 Å². The fourth-order valence-corrected chi connectivity index (χ4v) is 4.26. The second kappa shape index (κ2) is 7.55. The highest BCUT2D eigenvalue weighted by Crippen LogP contribution is 2.38. The Morgan fingerprint density at radius 3 is 2.75 bits per heavy atom. The summed E-state index contributed by atoms with van der Waals surface area (Å²) in [6, 6.07) is 8.87. The van der Waals surface area contributed by atoms with E-state index in [-0.39, 0.29) is 6.04 Å². The fraction of sp³-hybridized carbons (Fsp3) is 0.375. The van der Waals surface area contributed by atoms with Gasteiger partial charge in [-0.25, -0.2) is 9.97 Å². The predicted octanol–water partition coefficient (Wildman–Crippen LogP) is 4.74. The second-order valence-corrected chi connectivity index (χ2v) is 8.88. The van der Waals surface area contributed by atoms with Crippen molar-refractivity contribution in [3.63, 3.8) is 0 Å². The van der Waals surface area contributed by atoms with Gasteiger partial charge in [-0.3, -0.25) is 4.68 Å². The zero-order chi connectivity index (χ0) is 21.7. The first-order valence-corrected chi connectivity index (χ1v) is 11.2. The summed E-state index contributed by atoms with van der Waals surface area (Å²) in [7, 11) is 0. The molecule has 6 rings (SSSR count). The van der Waals surface area contributed by atoms with Crippen LogP contribution >= 0.6 is 0 Å². The van der Waals surface area contributed by atoms with E-state index in [1.807, 2.05) is 12.3 Å². The van der Waals surface area contributed by atoms with Crippen molar-refractivity contribution in [3.05, 3.63) is 48.5 Å². The maximum absolute atomic E-state index is 5.80. The number of aromatic nitrogens is 5. The van der Waals surface area contributed by atoms with Crippen molar-refractivity contribution in [1.29, 1.82) is 0 Å². The smallest absolute Gasteiger partial charge is 0.161 e. The van der Waals surface area contributed by atoms with Crippen molar-refractivity contribution >= 4 is 16.9 Å². The molecule has 1 aromatic carbocycles. The van der Waals surface area contributed by atoms with Gasteiger partial charge in [-0.2, -0.15) is 5.10 Å². The SMILES string of the molecule is CC(C)[C@@H](Nc1ncnc2[nH]c(-c3cnn(C4CC4)c3)cc12)c1ccc2c(c1)OCCO2. The quantitative estimate of drug-likeness (QED) is 0.459. The standard InChI is InChI=1S/C24H26N6O2/c1-14(2)22(15-3-6-20-21(9-15)32-8-7-31-20)29-24-18-10-19(28-23(18)25-13-26-24)16-11-27-30(12-16)17-4-5-17/h3,6,9-14,17,22H,4-5,7-8H2,1-2H3,(H2,25,26,28,29)/t22-/m1/s1. The lowest BCUT2D eigenvalue weighted by Crippen LogP contribution is -2.19. The van der Waals surface area contributed by atoms with Gasteiger partial charge in [-0.1, -0.05) is 19.9 Å². The van der Waals surface area contributed by atoms with E-state index >= 15 is 0 Å². The van der Waals surface area contributed by atoms with E-state index in [0.29, 0.717) is 25.2 Å². The maximum atomic E-state index is 5.80. The van der Waals surface area contributed by atoms with E-state index in [0.717, 1.165) is 45.2 Å². The van der Waals surface area contributed by atoms with Gasteiger partial charge in [-0.05, 0) is 42.5 Å². The zero-order valence-electron chi connectivity index (χ0n) is 18.2. The Kier molecular flexibility index (Phi) is 4.52. The largest absolute Gasteiger partial charge is 0.486 e. The molecule has 1 aliphatic carbocycles. The van der Waals surface area contributed by atoms with Gasteiger partial charge in [0.15, 0.2) is 11.5 Å². The lowest BCUT2D eigenvalue weighted by Gasteiger charge is -2.26. The van der Waals surface area contributed by atoms with Crippen molar-refractivity contribution in [2.45, 2.75) is 38.8 Å². The van der Waals surface area contributed by atoms with E-state index in [9.17, 15) is 0 Å². The van der Waals surface area contributed by atoms with Gasteiger partial charge >= 0.3 is 0 Å². The summed E-state index contributed by atoms with van der Waals surface area (Å²) in [4.78, 5) is 12.5. The highest BCUT2D eigenvalue weighted by molar-refractivity contribution is 5.91. The molecule has 2 aliphatic rings. The van der Waals surface area contributed by atoms with Crippen LogP contribution in [0.1, 0.15) is 44.3 Å². The average molecular weight is 431 g/mol. The highest BCUT2D eigenvalue weighted by Gasteiger charge is 2.25. The fourth-order valence-electron chi connectivity index (χ4n) is 4.26. The average Bonchev–Trinajstić information content (AvgIpc) is 3.37. The molecule has 1 aliphatic heterocycles. The van der Waals surface area contributed by atoms with E-state index in [1.54, 1.807) is 6.33 Å². The number of nitrogens with zero attached hydrogens (tertiary/aromatic N) is 4. The summed E-state index contributed by atoms with van der Waals surface area (Å²) in [6.45, 7) is 5.56. The summed E-state index contributed by atoms with van der Waals surface area (Å²) < 4.78 is 13.5. The van der Waals surface area contributed by atoms with Gasteiger partial charge in [0.1, 0.15) is 31.0 Å². The molecule has 4 heterocycles. The van der Waals surface area contributed by atoms with Crippen LogP contribution in [0.2, 0.25) is 0 Å². The Bertz CT molecular complexity index is 1270. The van der Waals surface area contributed by atoms with Crippen LogP contribution in [0.15, 0.2) is 43.0 Å².